The minimum Gasteiger partial charge on any atom is -0.300 e. The molecule has 0 radical (unpaired) electrons. The number of sulfonamides is 1. The predicted octanol–water partition coefficient (Wildman–Crippen LogP) is 2.00. The third-order valence-corrected chi connectivity index (χ3v) is 5.22. The summed E-state index contributed by atoms with van der Waals surface area (Å²) in [6.07, 6.45) is 1.76. The van der Waals surface area contributed by atoms with Crippen molar-refractivity contribution < 1.29 is 13.2 Å². The van der Waals surface area contributed by atoms with Crippen molar-refractivity contribution in [2.45, 2.75) is 36.6 Å². The van der Waals surface area contributed by atoms with Crippen LogP contribution in [0.4, 0.5) is 0 Å². The van der Waals surface area contributed by atoms with E-state index in [1.165, 1.54) is 18.2 Å². The molecule has 0 saturated heterocycles. The minimum atomic E-state index is -3.79. The number of nitrogens with one attached hydrogen (secondary N) is 1. The molecule has 5 nitrogen and oxygen atoms in total. The van der Waals surface area contributed by atoms with Gasteiger partial charge in [0, 0.05) is 18.9 Å². The lowest BCUT2D eigenvalue weighted by atomic mass is 9.95. The van der Waals surface area contributed by atoms with E-state index in [4.69, 9.17) is 16.9 Å². The number of rotatable bonds is 3. The SMILES string of the molecule is N#Cc1ccc(Cl)c(S(=O)(=O)NC2CCC(=O)CC2)c1. The molecule has 1 fully saturated rings. The van der Waals surface area contributed by atoms with Crippen LogP contribution >= 0.6 is 11.6 Å². The minimum absolute atomic E-state index is 0.0726. The van der Waals surface area contributed by atoms with Gasteiger partial charge in [0.15, 0.2) is 0 Å². The maximum absolute atomic E-state index is 12.3. The lowest BCUT2D eigenvalue weighted by Gasteiger charge is -2.22. The fraction of sp³-hybridized carbons (Fsp3) is 0.385. The molecule has 0 bridgehead atoms. The highest BCUT2D eigenvalue weighted by Gasteiger charge is 2.26. The van der Waals surface area contributed by atoms with Crippen molar-refractivity contribution in [3.05, 3.63) is 28.8 Å². The molecule has 0 unspecified atom stereocenters. The van der Waals surface area contributed by atoms with Gasteiger partial charge in [-0.3, -0.25) is 4.79 Å². The van der Waals surface area contributed by atoms with Gasteiger partial charge >= 0.3 is 0 Å². The highest BCUT2D eigenvalue weighted by atomic mass is 35.5. The third-order valence-electron chi connectivity index (χ3n) is 3.21. The quantitative estimate of drug-likeness (QED) is 0.924. The molecule has 1 aliphatic rings. The van der Waals surface area contributed by atoms with Crippen molar-refractivity contribution >= 4 is 27.4 Å². The van der Waals surface area contributed by atoms with Crippen LogP contribution in [0, 0.1) is 11.3 Å². The van der Waals surface area contributed by atoms with Gasteiger partial charge in [0.2, 0.25) is 10.0 Å². The molecular weight excluding hydrogens is 300 g/mol. The number of benzene rings is 1. The summed E-state index contributed by atoms with van der Waals surface area (Å²) in [6, 6.07) is 5.71. The number of halogens is 1. The topological polar surface area (TPSA) is 87.0 Å². The first kappa shape index (κ1) is 15.0. The van der Waals surface area contributed by atoms with Gasteiger partial charge in [-0.15, -0.1) is 0 Å². The van der Waals surface area contributed by atoms with Crippen molar-refractivity contribution in [3.8, 4) is 6.07 Å². The lowest BCUT2D eigenvalue weighted by Crippen LogP contribution is -2.37. The van der Waals surface area contributed by atoms with Gasteiger partial charge < -0.3 is 0 Å². The first-order chi connectivity index (χ1) is 9.42. The smallest absolute Gasteiger partial charge is 0.242 e. The molecule has 0 spiro atoms. The maximum atomic E-state index is 12.3. The second-order valence-electron chi connectivity index (χ2n) is 4.69. The molecule has 1 aromatic rings. The fourth-order valence-corrected chi connectivity index (χ4v) is 3.95. The summed E-state index contributed by atoms with van der Waals surface area (Å²) in [5, 5.41) is 8.90. The molecular formula is C13H13ClN2O3S. The van der Waals surface area contributed by atoms with Crippen LogP contribution < -0.4 is 4.72 Å². The molecule has 0 aliphatic heterocycles. The Morgan fingerprint density at radius 3 is 2.55 bits per heavy atom. The predicted molar refractivity (Wildman–Crippen MR) is 73.8 cm³/mol. The van der Waals surface area contributed by atoms with Crippen molar-refractivity contribution in [2.75, 3.05) is 0 Å². The summed E-state index contributed by atoms with van der Waals surface area (Å²) in [5.74, 6) is 0.157. The van der Waals surface area contributed by atoms with Crippen LogP contribution in [0.3, 0.4) is 0 Å². The van der Waals surface area contributed by atoms with Gasteiger partial charge in [-0.1, -0.05) is 11.6 Å². The van der Waals surface area contributed by atoms with E-state index in [9.17, 15) is 13.2 Å². The molecule has 0 amide bonds. The van der Waals surface area contributed by atoms with Gasteiger partial charge in [0.1, 0.15) is 10.7 Å². The molecule has 0 aromatic heterocycles. The van der Waals surface area contributed by atoms with Gasteiger partial charge in [-0.25, -0.2) is 13.1 Å². The summed E-state index contributed by atoms with van der Waals surface area (Å²) in [6.45, 7) is 0. The van der Waals surface area contributed by atoms with E-state index >= 15 is 0 Å². The zero-order valence-electron chi connectivity index (χ0n) is 10.6. The van der Waals surface area contributed by atoms with E-state index in [0.29, 0.717) is 25.7 Å². The maximum Gasteiger partial charge on any atom is 0.242 e. The molecule has 0 atom stereocenters. The Morgan fingerprint density at radius 2 is 1.95 bits per heavy atom. The Bertz CT molecular complexity index is 669. The monoisotopic (exact) mass is 312 g/mol. The molecule has 1 saturated carbocycles. The lowest BCUT2D eigenvalue weighted by molar-refractivity contribution is -0.120. The number of carbonyl (C=O) groups is 1. The molecule has 2 rings (SSSR count). The summed E-state index contributed by atoms with van der Waals surface area (Å²) in [7, 11) is -3.79. The van der Waals surface area contributed by atoms with Crippen LogP contribution in [-0.2, 0) is 14.8 Å². The Morgan fingerprint density at radius 1 is 1.30 bits per heavy atom. The van der Waals surface area contributed by atoms with Crippen LogP contribution in [-0.4, -0.2) is 20.2 Å². The first-order valence-corrected chi connectivity index (χ1v) is 8.02. The number of hydrogen-bond donors (Lipinski definition) is 1. The van der Waals surface area contributed by atoms with E-state index < -0.39 is 10.0 Å². The van der Waals surface area contributed by atoms with Gasteiger partial charge in [0.25, 0.3) is 0 Å². The Hall–Kier alpha value is -1.42. The number of nitriles is 1. The summed E-state index contributed by atoms with van der Waals surface area (Å²) in [5.41, 5.74) is 0.230. The molecule has 7 heteroatoms. The first-order valence-electron chi connectivity index (χ1n) is 6.16. The zero-order valence-corrected chi connectivity index (χ0v) is 12.2. The Labute approximate surface area is 122 Å². The third kappa shape index (κ3) is 3.37. The zero-order chi connectivity index (χ0) is 14.8. The van der Waals surface area contributed by atoms with Crippen molar-refractivity contribution in [1.82, 2.24) is 4.72 Å². The number of Topliss-reactive ketones (excluding diaryl/α,β-unsaturated/α-hetero) is 1. The number of ketones is 1. The Balaban J connectivity index is 2.22. The van der Waals surface area contributed by atoms with Gasteiger partial charge in [-0.2, -0.15) is 5.26 Å². The van der Waals surface area contributed by atoms with Crippen molar-refractivity contribution in [3.63, 3.8) is 0 Å². The van der Waals surface area contributed by atoms with Crippen LogP contribution in [0.15, 0.2) is 23.1 Å². The standard InChI is InChI=1S/C13H13ClN2O3S/c14-12-6-1-9(8-15)7-13(12)20(18,19)16-10-2-4-11(17)5-3-10/h1,6-7,10,16H,2-5H2. The highest BCUT2D eigenvalue weighted by Crippen LogP contribution is 2.24. The van der Waals surface area contributed by atoms with Gasteiger partial charge in [0.05, 0.1) is 16.7 Å². The Kier molecular flexibility index (Phi) is 4.43. The van der Waals surface area contributed by atoms with Gasteiger partial charge in [-0.05, 0) is 31.0 Å². The van der Waals surface area contributed by atoms with Crippen molar-refractivity contribution in [2.24, 2.45) is 0 Å². The van der Waals surface area contributed by atoms with Crippen LogP contribution in [0.1, 0.15) is 31.2 Å². The van der Waals surface area contributed by atoms with Crippen LogP contribution in [0.5, 0.6) is 0 Å². The molecule has 0 heterocycles. The largest absolute Gasteiger partial charge is 0.300 e. The number of hydrogen-bond acceptors (Lipinski definition) is 4. The van der Waals surface area contributed by atoms with Crippen LogP contribution in [0.2, 0.25) is 5.02 Å². The number of carbonyl (C=O) groups excluding carboxylic acids is 1. The average molecular weight is 313 g/mol. The van der Waals surface area contributed by atoms with E-state index in [1.54, 1.807) is 0 Å². The van der Waals surface area contributed by atoms with Crippen LogP contribution in [0.25, 0.3) is 0 Å². The fourth-order valence-electron chi connectivity index (χ4n) is 2.12. The second kappa shape index (κ2) is 5.92. The second-order valence-corrected chi connectivity index (χ2v) is 6.78. The molecule has 1 N–H and O–H groups in total. The summed E-state index contributed by atoms with van der Waals surface area (Å²) >= 11 is 5.90. The van der Waals surface area contributed by atoms with Crippen molar-refractivity contribution in [1.29, 1.82) is 5.26 Å². The summed E-state index contributed by atoms with van der Waals surface area (Å²) in [4.78, 5) is 11.0. The van der Waals surface area contributed by atoms with E-state index in [1.807, 2.05) is 6.07 Å². The van der Waals surface area contributed by atoms with E-state index in [-0.39, 0.29) is 27.3 Å². The molecule has 106 valence electrons. The normalized spacial score (nSPS) is 16.9. The molecule has 1 aromatic carbocycles. The molecule has 1 aliphatic carbocycles. The number of nitrogens with zero attached hydrogens (tertiary/aromatic N) is 1. The van der Waals surface area contributed by atoms with E-state index in [2.05, 4.69) is 4.72 Å². The molecule has 20 heavy (non-hydrogen) atoms. The van der Waals surface area contributed by atoms with E-state index in [0.717, 1.165) is 0 Å². The highest BCUT2D eigenvalue weighted by molar-refractivity contribution is 7.89. The average Bonchev–Trinajstić information content (AvgIpc) is 2.41. The summed E-state index contributed by atoms with van der Waals surface area (Å²) < 4.78 is 27.1.